The fourth-order valence-corrected chi connectivity index (χ4v) is 1.67. The van der Waals surface area contributed by atoms with Crippen molar-refractivity contribution in [3.63, 3.8) is 0 Å². The summed E-state index contributed by atoms with van der Waals surface area (Å²) in [6.45, 7) is 3.28. The van der Waals surface area contributed by atoms with E-state index in [0.29, 0.717) is 6.61 Å². The highest BCUT2D eigenvalue weighted by Gasteiger charge is 2.06. The van der Waals surface area contributed by atoms with Crippen molar-refractivity contribution in [2.24, 2.45) is 5.73 Å². The molecule has 0 unspecified atom stereocenters. The Morgan fingerprint density at radius 3 is 2.88 bits per heavy atom. The van der Waals surface area contributed by atoms with Crippen LogP contribution >= 0.6 is 0 Å². The number of hydrogen-bond donors (Lipinski definition) is 1. The van der Waals surface area contributed by atoms with Crippen LogP contribution < -0.4 is 10.5 Å². The van der Waals surface area contributed by atoms with E-state index in [1.54, 1.807) is 6.20 Å². The van der Waals surface area contributed by atoms with Gasteiger partial charge in [0.2, 0.25) is 0 Å². The van der Waals surface area contributed by atoms with Gasteiger partial charge in [-0.3, -0.25) is 4.68 Å². The third-order valence-electron chi connectivity index (χ3n) is 2.55. The smallest absolute Gasteiger partial charge is 0.124 e. The molecule has 4 heteroatoms. The van der Waals surface area contributed by atoms with Crippen LogP contribution in [0.5, 0.6) is 5.75 Å². The molecule has 0 bridgehead atoms. The zero-order chi connectivity index (χ0) is 12.1. The minimum absolute atomic E-state index is 0.0177. The van der Waals surface area contributed by atoms with Crippen molar-refractivity contribution in [2.75, 3.05) is 6.61 Å². The lowest BCUT2D eigenvalue weighted by molar-refractivity contribution is 0.287. The molecule has 2 rings (SSSR count). The zero-order valence-corrected chi connectivity index (χ0v) is 9.91. The fourth-order valence-electron chi connectivity index (χ4n) is 1.67. The predicted octanol–water partition coefficient (Wildman–Crippen LogP) is 1.98. The molecule has 17 heavy (non-hydrogen) atoms. The zero-order valence-electron chi connectivity index (χ0n) is 9.91. The SMILES string of the molecule is C[C@@H](N)c1ccccc1OCCn1cccn1. The van der Waals surface area contributed by atoms with E-state index in [1.165, 1.54) is 0 Å². The van der Waals surface area contributed by atoms with Crippen LogP contribution in [0.15, 0.2) is 42.7 Å². The summed E-state index contributed by atoms with van der Waals surface area (Å²) in [6, 6.07) is 9.75. The van der Waals surface area contributed by atoms with Crippen LogP contribution in [0.3, 0.4) is 0 Å². The molecule has 2 N–H and O–H groups in total. The molecule has 0 fully saturated rings. The first-order chi connectivity index (χ1) is 8.27. The molecular formula is C13H17N3O. The van der Waals surface area contributed by atoms with E-state index in [0.717, 1.165) is 17.9 Å². The monoisotopic (exact) mass is 231 g/mol. The molecule has 0 amide bonds. The van der Waals surface area contributed by atoms with Gasteiger partial charge < -0.3 is 10.5 Å². The van der Waals surface area contributed by atoms with Gasteiger partial charge >= 0.3 is 0 Å². The van der Waals surface area contributed by atoms with E-state index in [2.05, 4.69) is 5.10 Å². The Morgan fingerprint density at radius 1 is 1.35 bits per heavy atom. The van der Waals surface area contributed by atoms with Crippen LogP contribution in [0.2, 0.25) is 0 Å². The highest BCUT2D eigenvalue weighted by Crippen LogP contribution is 2.22. The quantitative estimate of drug-likeness (QED) is 0.856. The van der Waals surface area contributed by atoms with Gasteiger partial charge in [-0.05, 0) is 19.1 Å². The number of nitrogens with zero attached hydrogens (tertiary/aromatic N) is 2. The Hall–Kier alpha value is -1.81. The fraction of sp³-hybridized carbons (Fsp3) is 0.308. The number of ether oxygens (including phenoxy) is 1. The highest BCUT2D eigenvalue weighted by atomic mass is 16.5. The van der Waals surface area contributed by atoms with Crippen LogP contribution in [0, 0.1) is 0 Å². The number of aromatic nitrogens is 2. The number of rotatable bonds is 5. The molecular weight excluding hydrogens is 214 g/mol. The lowest BCUT2D eigenvalue weighted by atomic mass is 10.1. The summed E-state index contributed by atoms with van der Waals surface area (Å²) in [4.78, 5) is 0. The van der Waals surface area contributed by atoms with Gasteiger partial charge in [0, 0.05) is 24.0 Å². The average molecular weight is 231 g/mol. The van der Waals surface area contributed by atoms with Gasteiger partial charge in [0.25, 0.3) is 0 Å². The van der Waals surface area contributed by atoms with Crippen molar-refractivity contribution in [3.8, 4) is 5.75 Å². The second kappa shape index (κ2) is 5.50. The maximum Gasteiger partial charge on any atom is 0.124 e. The van der Waals surface area contributed by atoms with Crippen LogP contribution in [-0.4, -0.2) is 16.4 Å². The first kappa shape index (κ1) is 11.7. The maximum atomic E-state index is 5.88. The largest absolute Gasteiger partial charge is 0.491 e. The second-order valence-electron chi connectivity index (χ2n) is 3.94. The summed E-state index contributed by atoms with van der Waals surface area (Å²) in [5, 5.41) is 4.12. The highest BCUT2D eigenvalue weighted by molar-refractivity contribution is 5.35. The van der Waals surface area contributed by atoms with Gasteiger partial charge in [-0.15, -0.1) is 0 Å². The molecule has 2 aromatic rings. The lowest BCUT2D eigenvalue weighted by Crippen LogP contribution is -2.12. The van der Waals surface area contributed by atoms with Gasteiger partial charge in [-0.1, -0.05) is 18.2 Å². The summed E-state index contributed by atoms with van der Waals surface area (Å²) in [7, 11) is 0. The Labute approximate surface area is 101 Å². The summed E-state index contributed by atoms with van der Waals surface area (Å²) >= 11 is 0. The Bertz CT molecular complexity index is 451. The molecule has 0 radical (unpaired) electrons. The number of benzene rings is 1. The molecule has 0 spiro atoms. The lowest BCUT2D eigenvalue weighted by Gasteiger charge is -2.13. The first-order valence-corrected chi connectivity index (χ1v) is 5.72. The normalized spacial score (nSPS) is 12.4. The molecule has 1 heterocycles. The van der Waals surface area contributed by atoms with Crippen molar-refractivity contribution >= 4 is 0 Å². The standard InChI is InChI=1S/C13H17N3O/c1-11(14)12-5-2-3-6-13(12)17-10-9-16-8-4-7-15-16/h2-8,11H,9-10,14H2,1H3/t11-/m1/s1. The molecule has 0 saturated heterocycles. The van der Waals surface area contributed by atoms with E-state index < -0.39 is 0 Å². The minimum Gasteiger partial charge on any atom is -0.491 e. The van der Waals surface area contributed by atoms with E-state index >= 15 is 0 Å². The summed E-state index contributed by atoms with van der Waals surface area (Å²) < 4.78 is 7.57. The van der Waals surface area contributed by atoms with Crippen LogP contribution in [0.4, 0.5) is 0 Å². The number of para-hydroxylation sites is 1. The van der Waals surface area contributed by atoms with Crippen LogP contribution in [0.1, 0.15) is 18.5 Å². The van der Waals surface area contributed by atoms with Crippen molar-refractivity contribution in [1.29, 1.82) is 0 Å². The van der Waals surface area contributed by atoms with Crippen molar-refractivity contribution < 1.29 is 4.74 Å². The molecule has 0 aliphatic rings. The molecule has 1 atom stereocenters. The third kappa shape index (κ3) is 3.07. The molecule has 1 aromatic heterocycles. The van der Waals surface area contributed by atoms with Gasteiger partial charge in [0.15, 0.2) is 0 Å². The van der Waals surface area contributed by atoms with E-state index in [1.807, 2.05) is 48.1 Å². The minimum atomic E-state index is -0.0177. The molecule has 0 saturated carbocycles. The van der Waals surface area contributed by atoms with Crippen LogP contribution in [0.25, 0.3) is 0 Å². The molecule has 0 aliphatic heterocycles. The number of nitrogens with two attached hydrogens (primary N) is 1. The Morgan fingerprint density at radius 2 is 2.18 bits per heavy atom. The van der Waals surface area contributed by atoms with Gasteiger partial charge in [0.05, 0.1) is 6.54 Å². The van der Waals surface area contributed by atoms with Gasteiger partial charge in [-0.2, -0.15) is 5.10 Å². The van der Waals surface area contributed by atoms with Crippen molar-refractivity contribution in [2.45, 2.75) is 19.5 Å². The maximum absolute atomic E-state index is 5.88. The molecule has 0 aliphatic carbocycles. The molecule has 90 valence electrons. The first-order valence-electron chi connectivity index (χ1n) is 5.72. The van der Waals surface area contributed by atoms with Gasteiger partial charge in [-0.25, -0.2) is 0 Å². The molecule has 4 nitrogen and oxygen atoms in total. The van der Waals surface area contributed by atoms with Crippen LogP contribution in [-0.2, 0) is 6.54 Å². The molecule has 1 aromatic carbocycles. The summed E-state index contributed by atoms with van der Waals surface area (Å²) in [5.74, 6) is 0.856. The van der Waals surface area contributed by atoms with Crippen molar-refractivity contribution in [1.82, 2.24) is 9.78 Å². The van der Waals surface area contributed by atoms with Gasteiger partial charge in [0.1, 0.15) is 12.4 Å². The number of hydrogen-bond acceptors (Lipinski definition) is 3. The predicted molar refractivity (Wildman–Crippen MR) is 66.8 cm³/mol. The second-order valence-corrected chi connectivity index (χ2v) is 3.94. The Kier molecular flexibility index (Phi) is 3.77. The van der Waals surface area contributed by atoms with E-state index in [4.69, 9.17) is 10.5 Å². The Balaban J connectivity index is 1.94. The third-order valence-corrected chi connectivity index (χ3v) is 2.55. The van der Waals surface area contributed by atoms with Crippen molar-refractivity contribution in [3.05, 3.63) is 48.3 Å². The van der Waals surface area contributed by atoms with E-state index in [-0.39, 0.29) is 6.04 Å². The summed E-state index contributed by atoms with van der Waals surface area (Å²) in [6.07, 6.45) is 3.68. The topological polar surface area (TPSA) is 53.1 Å². The average Bonchev–Trinajstić information content (AvgIpc) is 2.82. The summed E-state index contributed by atoms with van der Waals surface area (Å²) in [5.41, 5.74) is 6.92. The van der Waals surface area contributed by atoms with E-state index in [9.17, 15) is 0 Å².